The molecule has 0 aliphatic heterocycles. The Morgan fingerprint density at radius 1 is 1.35 bits per heavy atom. The zero-order valence-electron chi connectivity index (χ0n) is 10.0. The van der Waals surface area contributed by atoms with Gasteiger partial charge in [-0.2, -0.15) is 0 Å². The fraction of sp³-hybridized carbons (Fsp3) is 0.462. The molecule has 0 spiro atoms. The van der Waals surface area contributed by atoms with E-state index in [1.54, 1.807) is 0 Å². The van der Waals surface area contributed by atoms with Crippen molar-refractivity contribution in [3.05, 3.63) is 34.9 Å². The first kappa shape index (κ1) is 14.0. The lowest BCUT2D eigenvalue weighted by atomic mass is 10.2. The largest absolute Gasteiger partial charge is 0.481 e. The van der Waals surface area contributed by atoms with Gasteiger partial charge in [0.2, 0.25) is 0 Å². The molecule has 3 nitrogen and oxygen atoms in total. The molecule has 0 amide bonds. The Balaban J connectivity index is 2.59. The molecule has 17 heavy (non-hydrogen) atoms. The second-order valence-electron chi connectivity index (χ2n) is 4.01. The Bertz CT molecular complexity index is 368. The van der Waals surface area contributed by atoms with Gasteiger partial charge in [0.05, 0.1) is 6.42 Å². The van der Waals surface area contributed by atoms with Crippen molar-refractivity contribution in [1.82, 2.24) is 4.90 Å². The van der Waals surface area contributed by atoms with Crippen molar-refractivity contribution < 1.29 is 9.90 Å². The van der Waals surface area contributed by atoms with Crippen molar-refractivity contribution in [2.45, 2.75) is 26.3 Å². The molecule has 0 bridgehead atoms. The Morgan fingerprint density at radius 3 is 2.65 bits per heavy atom. The minimum atomic E-state index is -0.759. The first-order valence-electron chi connectivity index (χ1n) is 5.81. The van der Waals surface area contributed by atoms with Gasteiger partial charge in [0.15, 0.2) is 0 Å². The number of carboxylic acid groups (broad SMARTS) is 1. The predicted molar refractivity (Wildman–Crippen MR) is 69.3 cm³/mol. The second kappa shape index (κ2) is 7.30. The van der Waals surface area contributed by atoms with E-state index in [-0.39, 0.29) is 6.42 Å². The van der Waals surface area contributed by atoms with Crippen LogP contribution in [-0.4, -0.2) is 29.1 Å². The molecule has 0 heterocycles. The maximum Gasteiger partial charge on any atom is 0.304 e. The number of benzene rings is 1. The van der Waals surface area contributed by atoms with E-state index in [4.69, 9.17) is 16.7 Å². The summed E-state index contributed by atoms with van der Waals surface area (Å²) in [5.74, 6) is -0.759. The van der Waals surface area contributed by atoms with Crippen molar-refractivity contribution in [3.63, 3.8) is 0 Å². The Morgan fingerprint density at radius 2 is 2.06 bits per heavy atom. The van der Waals surface area contributed by atoms with Crippen molar-refractivity contribution in [2.24, 2.45) is 0 Å². The van der Waals surface area contributed by atoms with Crippen LogP contribution >= 0.6 is 11.6 Å². The molecular weight excluding hydrogens is 238 g/mol. The molecule has 1 N–H and O–H groups in total. The maximum absolute atomic E-state index is 10.6. The van der Waals surface area contributed by atoms with Gasteiger partial charge in [-0.25, -0.2) is 0 Å². The molecule has 0 aliphatic carbocycles. The van der Waals surface area contributed by atoms with E-state index < -0.39 is 5.97 Å². The first-order chi connectivity index (χ1) is 8.13. The summed E-state index contributed by atoms with van der Waals surface area (Å²) < 4.78 is 0. The highest BCUT2D eigenvalue weighted by Gasteiger charge is 2.09. The number of carbonyl (C=O) groups is 1. The molecule has 0 radical (unpaired) electrons. The average Bonchev–Trinajstić information content (AvgIpc) is 2.29. The van der Waals surface area contributed by atoms with Gasteiger partial charge < -0.3 is 5.11 Å². The van der Waals surface area contributed by atoms with Crippen LogP contribution in [0, 0.1) is 0 Å². The van der Waals surface area contributed by atoms with Gasteiger partial charge in [0.25, 0.3) is 0 Å². The van der Waals surface area contributed by atoms with Gasteiger partial charge in [-0.1, -0.05) is 36.7 Å². The summed E-state index contributed by atoms with van der Waals surface area (Å²) in [6, 6.07) is 7.68. The number of nitrogens with zero attached hydrogens (tertiary/aromatic N) is 1. The minimum Gasteiger partial charge on any atom is -0.481 e. The van der Waals surface area contributed by atoms with Gasteiger partial charge in [0, 0.05) is 18.1 Å². The third-order valence-corrected chi connectivity index (χ3v) is 2.90. The van der Waals surface area contributed by atoms with Gasteiger partial charge >= 0.3 is 5.97 Å². The smallest absolute Gasteiger partial charge is 0.304 e. The number of hydrogen-bond donors (Lipinski definition) is 1. The van der Waals surface area contributed by atoms with Gasteiger partial charge in [0.1, 0.15) is 0 Å². The summed E-state index contributed by atoms with van der Waals surface area (Å²) in [6.45, 7) is 4.24. The van der Waals surface area contributed by atoms with Crippen LogP contribution < -0.4 is 0 Å². The summed E-state index contributed by atoms with van der Waals surface area (Å²) in [7, 11) is 0. The quantitative estimate of drug-likeness (QED) is 0.814. The van der Waals surface area contributed by atoms with Crippen LogP contribution in [0.1, 0.15) is 25.3 Å². The molecule has 0 saturated heterocycles. The average molecular weight is 256 g/mol. The van der Waals surface area contributed by atoms with E-state index in [2.05, 4.69) is 11.8 Å². The lowest BCUT2D eigenvalue weighted by Gasteiger charge is -2.21. The van der Waals surface area contributed by atoms with E-state index in [0.29, 0.717) is 13.1 Å². The molecule has 0 fully saturated rings. The fourth-order valence-corrected chi connectivity index (χ4v) is 1.90. The lowest BCUT2D eigenvalue weighted by Crippen LogP contribution is -2.27. The molecule has 1 rings (SSSR count). The third-order valence-electron chi connectivity index (χ3n) is 2.53. The number of rotatable bonds is 7. The highest BCUT2D eigenvalue weighted by molar-refractivity contribution is 6.31. The molecule has 0 saturated carbocycles. The topological polar surface area (TPSA) is 40.5 Å². The maximum atomic E-state index is 10.6. The normalized spacial score (nSPS) is 10.8. The van der Waals surface area contributed by atoms with Crippen molar-refractivity contribution in [1.29, 1.82) is 0 Å². The van der Waals surface area contributed by atoms with Crippen LogP contribution in [0.25, 0.3) is 0 Å². The minimum absolute atomic E-state index is 0.171. The highest BCUT2D eigenvalue weighted by atomic mass is 35.5. The zero-order valence-corrected chi connectivity index (χ0v) is 10.8. The SMILES string of the molecule is CCCN(CCC(=O)O)Cc1ccccc1Cl. The van der Waals surface area contributed by atoms with Crippen LogP contribution in [0.4, 0.5) is 0 Å². The summed E-state index contributed by atoms with van der Waals surface area (Å²) in [6.07, 6.45) is 1.18. The molecular formula is C13H18ClNO2. The van der Waals surface area contributed by atoms with E-state index in [9.17, 15) is 4.79 Å². The van der Waals surface area contributed by atoms with Crippen molar-refractivity contribution in [3.8, 4) is 0 Å². The molecule has 0 aliphatic rings. The predicted octanol–water partition coefficient (Wildman–Crippen LogP) is 3.03. The Kier molecular flexibility index (Phi) is 6.01. The Labute approximate surface area is 107 Å². The summed E-state index contributed by atoms with van der Waals surface area (Å²) >= 11 is 6.09. The van der Waals surface area contributed by atoms with E-state index in [1.807, 2.05) is 24.3 Å². The monoisotopic (exact) mass is 255 g/mol. The molecule has 1 aromatic rings. The van der Waals surface area contributed by atoms with Gasteiger partial charge in [-0.05, 0) is 24.6 Å². The van der Waals surface area contributed by atoms with Crippen LogP contribution in [0.15, 0.2) is 24.3 Å². The molecule has 0 aromatic heterocycles. The molecule has 0 unspecified atom stereocenters. The number of halogens is 1. The van der Waals surface area contributed by atoms with Crippen LogP contribution in [-0.2, 0) is 11.3 Å². The first-order valence-corrected chi connectivity index (χ1v) is 6.18. The molecule has 4 heteroatoms. The van der Waals surface area contributed by atoms with Gasteiger partial charge in [-0.15, -0.1) is 0 Å². The van der Waals surface area contributed by atoms with E-state index >= 15 is 0 Å². The van der Waals surface area contributed by atoms with E-state index in [1.165, 1.54) is 0 Å². The summed E-state index contributed by atoms with van der Waals surface area (Å²) in [5, 5.41) is 9.44. The Hall–Kier alpha value is -1.06. The summed E-state index contributed by atoms with van der Waals surface area (Å²) in [4.78, 5) is 12.7. The molecule has 94 valence electrons. The number of hydrogen-bond acceptors (Lipinski definition) is 2. The fourth-order valence-electron chi connectivity index (χ4n) is 1.71. The van der Waals surface area contributed by atoms with Gasteiger partial charge in [-0.3, -0.25) is 9.69 Å². The number of aliphatic carboxylic acids is 1. The van der Waals surface area contributed by atoms with Crippen molar-refractivity contribution >= 4 is 17.6 Å². The van der Waals surface area contributed by atoms with Crippen LogP contribution in [0.5, 0.6) is 0 Å². The molecule has 1 aromatic carbocycles. The van der Waals surface area contributed by atoms with Crippen molar-refractivity contribution in [2.75, 3.05) is 13.1 Å². The van der Waals surface area contributed by atoms with Crippen LogP contribution in [0.2, 0.25) is 5.02 Å². The third kappa shape index (κ3) is 5.20. The highest BCUT2D eigenvalue weighted by Crippen LogP contribution is 2.17. The lowest BCUT2D eigenvalue weighted by molar-refractivity contribution is -0.137. The number of carboxylic acids is 1. The molecule has 0 atom stereocenters. The summed E-state index contributed by atoms with van der Waals surface area (Å²) in [5.41, 5.74) is 1.05. The van der Waals surface area contributed by atoms with E-state index in [0.717, 1.165) is 23.6 Å². The second-order valence-corrected chi connectivity index (χ2v) is 4.42. The zero-order chi connectivity index (χ0) is 12.7. The standard InChI is InChI=1S/C13H18ClNO2/c1-2-8-15(9-7-13(16)17)10-11-5-3-4-6-12(11)14/h3-6H,2,7-10H2,1H3,(H,16,17). The van der Waals surface area contributed by atoms with Crippen LogP contribution in [0.3, 0.4) is 0 Å².